The van der Waals surface area contributed by atoms with E-state index in [1.807, 2.05) is 13.8 Å². The van der Waals surface area contributed by atoms with Crippen LogP contribution in [0.4, 0.5) is 0 Å². The molecule has 1 unspecified atom stereocenters. The highest BCUT2D eigenvalue weighted by atomic mass is 35.6. The summed E-state index contributed by atoms with van der Waals surface area (Å²) in [5.41, 5.74) is 0. The molecule has 0 aromatic carbocycles. The van der Waals surface area contributed by atoms with Crippen LogP contribution in [-0.2, 0) is 4.43 Å². The predicted molar refractivity (Wildman–Crippen MR) is 39.7 cm³/mol. The maximum absolute atomic E-state index is 5.78. The Morgan fingerprint density at radius 3 is 2.25 bits per heavy atom. The second-order valence-corrected chi connectivity index (χ2v) is 5.37. The van der Waals surface area contributed by atoms with Gasteiger partial charge in [-0.25, -0.2) is 0 Å². The van der Waals surface area contributed by atoms with Gasteiger partial charge in [0.1, 0.15) is 0 Å². The van der Waals surface area contributed by atoms with E-state index < -0.39 is 8.35 Å². The zero-order chi connectivity index (χ0) is 6.57. The molecule has 0 aliphatic carbocycles. The highest BCUT2D eigenvalue weighted by Gasteiger charge is 2.04. The van der Waals surface area contributed by atoms with E-state index in [1.54, 1.807) is 0 Å². The van der Waals surface area contributed by atoms with Gasteiger partial charge in [0.05, 0.1) is 0 Å². The highest BCUT2D eigenvalue weighted by Crippen LogP contribution is 2.01. The van der Waals surface area contributed by atoms with Crippen molar-refractivity contribution in [3.8, 4) is 0 Å². The fourth-order valence-corrected chi connectivity index (χ4v) is 1.79. The molecule has 0 heterocycles. The Morgan fingerprint density at radius 1 is 1.62 bits per heavy atom. The average molecular weight is 153 g/mol. The number of hydrogen-bond donors (Lipinski definition) is 0. The van der Waals surface area contributed by atoms with Gasteiger partial charge in [-0.3, -0.25) is 0 Å². The topological polar surface area (TPSA) is 9.23 Å². The second kappa shape index (κ2) is 4.36. The Labute approximate surface area is 57.4 Å². The van der Waals surface area contributed by atoms with E-state index in [1.165, 1.54) is 0 Å². The van der Waals surface area contributed by atoms with E-state index in [0.29, 0.717) is 6.10 Å². The maximum Gasteiger partial charge on any atom is 0.274 e. The zero-order valence-corrected chi connectivity index (χ0v) is 7.56. The van der Waals surface area contributed by atoms with E-state index in [-0.39, 0.29) is 0 Å². The molecule has 0 bridgehead atoms. The van der Waals surface area contributed by atoms with Gasteiger partial charge in [0.15, 0.2) is 0 Å². The van der Waals surface area contributed by atoms with Crippen LogP contribution in [0.2, 0.25) is 6.04 Å². The Morgan fingerprint density at radius 2 is 2.12 bits per heavy atom. The summed E-state index contributed by atoms with van der Waals surface area (Å²) in [5, 5.41) is 0. The Hall–Kier alpha value is 0.467. The lowest BCUT2D eigenvalue weighted by atomic mass is 10.5. The summed E-state index contributed by atoms with van der Waals surface area (Å²) in [6.45, 7) is 6.09. The van der Waals surface area contributed by atoms with Crippen molar-refractivity contribution in [1.82, 2.24) is 0 Å². The summed E-state index contributed by atoms with van der Waals surface area (Å²) in [4.78, 5) is 0. The van der Waals surface area contributed by atoms with Crippen molar-refractivity contribution in [2.45, 2.75) is 32.9 Å². The van der Waals surface area contributed by atoms with E-state index >= 15 is 0 Å². The molecule has 0 aliphatic heterocycles. The predicted octanol–water partition coefficient (Wildman–Crippen LogP) is 1.89. The monoisotopic (exact) mass is 152 g/mol. The fourth-order valence-electron chi connectivity index (χ4n) is 0.392. The van der Waals surface area contributed by atoms with Gasteiger partial charge in [-0.2, -0.15) is 0 Å². The van der Waals surface area contributed by atoms with E-state index in [4.69, 9.17) is 15.5 Å². The summed E-state index contributed by atoms with van der Waals surface area (Å²) in [6, 6.07) is 1.01. The molecule has 8 heavy (non-hydrogen) atoms. The third kappa shape index (κ3) is 4.62. The molecule has 0 N–H and O–H groups in total. The lowest BCUT2D eigenvalue weighted by Crippen LogP contribution is -2.14. The van der Waals surface area contributed by atoms with Gasteiger partial charge in [-0.15, -0.1) is 11.1 Å². The lowest BCUT2D eigenvalue weighted by molar-refractivity contribution is 0.251. The van der Waals surface area contributed by atoms with Crippen LogP contribution in [-0.4, -0.2) is 14.5 Å². The summed E-state index contributed by atoms with van der Waals surface area (Å²) in [6.07, 6.45) is 0.309. The molecule has 0 aliphatic rings. The fraction of sp³-hybridized carbons (Fsp3) is 1.00. The van der Waals surface area contributed by atoms with Crippen molar-refractivity contribution in [1.29, 1.82) is 0 Å². The van der Waals surface area contributed by atoms with Crippen molar-refractivity contribution in [3.63, 3.8) is 0 Å². The molecule has 0 aromatic rings. The Kier molecular flexibility index (Phi) is 4.61. The molecular formula is C5H13ClOSi. The first-order valence-electron chi connectivity index (χ1n) is 2.96. The molecule has 1 nitrogen and oxygen atoms in total. The Balaban J connectivity index is 3.10. The molecule has 3 heteroatoms. The summed E-state index contributed by atoms with van der Waals surface area (Å²) in [7, 11) is -1.27. The number of rotatable bonds is 3. The van der Waals surface area contributed by atoms with Crippen LogP contribution in [0.3, 0.4) is 0 Å². The van der Waals surface area contributed by atoms with Crippen LogP contribution >= 0.6 is 11.1 Å². The van der Waals surface area contributed by atoms with E-state index in [0.717, 1.165) is 6.04 Å². The van der Waals surface area contributed by atoms with E-state index in [2.05, 4.69) is 6.92 Å². The van der Waals surface area contributed by atoms with Crippen molar-refractivity contribution >= 4 is 19.4 Å². The van der Waals surface area contributed by atoms with Gasteiger partial charge in [-0.05, 0) is 19.9 Å². The van der Waals surface area contributed by atoms with Crippen molar-refractivity contribution in [2.75, 3.05) is 0 Å². The van der Waals surface area contributed by atoms with Gasteiger partial charge in [0.2, 0.25) is 0 Å². The van der Waals surface area contributed by atoms with Crippen molar-refractivity contribution in [3.05, 3.63) is 0 Å². The molecule has 0 saturated heterocycles. The largest absolute Gasteiger partial charge is 0.403 e. The smallest absolute Gasteiger partial charge is 0.274 e. The van der Waals surface area contributed by atoms with Gasteiger partial charge < -0.3 is 4.43 Å². The summed E-state index contributed by atoms with van der Waals surface area (Å²) < 4.78 is 5.30. The molecule has 0 saturated carbocycles. The number of halogens is 1. The lowest BCUT2D eigenvalue weighted by Gasteiger charge is -2.09. The standard InChI is InChI=1S/C5H13ClOSi/c1-4-8(6)7-5(2)3/h5,8H,4H2,1-3H3. The molecular weight excluding hydrogens is 140 g/mol. The van der Waals surface area contributed by atoms with Gasteiger partial charge >= 0.3 is 0 Å². The second-order valence-electron chi connectivity index (χ2n) is 2.00. The first-order valence-corrected chi connectivity index (χ1v) is 5.99. The summed E-state index contributed by atoms with van der Waals surface area (Å²) >= 11 is 5.78. The zero-order valence-electron chi connectivity index (χ0n) is 5.65. The Bertz CT molecular complexity index is 58.4. The average Bonchev–Trinajstić information content (AvgIpc) is 1.65. The molecule has 0 spiro atoms. The number of hydrogen-bond acceptors (Lipinski definition) is 1. The molecule has 0 radical (unpaired) electrons. The van der Waals surface area contributed by atoms with Crippen molar-refractivity contribution in [2.24, 2.45) is 0 Å². The normalized spacial score (nSPS) is 14.6. The third-order valence-electron chi connectivity index (χ3n) is 0.741. The molecule has 0 fully saturated rings. The minimum absolute atomic E-state index is 0.309. The molecule has 50 valence electrons. The first kappa shape index (κ1) is 8.47. The van der Waals surface area contributed by atoms with Crippen LogP contribution in [0, 0.1) is 0 Å². The van der Waals surface area contributed by atoms with Crippen LogP contribution in [0.5, 0.6) is 0 Å². The van der Waals surface area contributed by atoms with Crippen LogP contribution in [0.1, 0.15) is 20.8 Å². The van der Waals surface area contributed by atoms with Crippen LogP contribution in [0.25, 0.3) is 0 Å². The summed E-state index contributed by atoms with van der Waals surface area (Å²) in [5.74, 6) is 0. The van der Waals surface area contributed by atoms with Crippen LogP contribution in [0.15, 0.2) is 0 Å². The highest BCUT2D eigenvalue weighted by molar-refractivity contribution is 7.03. The quantitative estimate of drug-likeness (QED) is 0.444. The SMILES string of the molecule is CC[SiH](Cl)OC(C)C. The first-order chi connectivity index (χ1) is 3.66. The minimum Gasteiger partial charge on any atom is -0.403 e. The molecule has 0 aromatic heterocycles. The molecule has 1 atom stereocenters. The van der Waals surface area contributed by atoms with E-state index in [9.17, 15) is 0 Å². The van der Waals surface area contributed by atoms with Crippen LogP contribution < -0.4 is 0 Å². The van der Waals surface area contributed by atoms with Gasteiger partial charge in [0, 0.05) is 6.10 Å². The minimum atomic E-state index is -1.27. The third-order valence-corrected chi connectivity index (χ3v) is 3.46. The molecule has 0 amide bonds. The van der Waals surface area contributed by atoms with Gasteiger partial charge in [0.25, 0.3) is 8.35 Å². The van der Waals surface area contributed by atoms with Crippen molar-refractivity contribution < 1.29 is 4.43 Å². The van der Waals surface area contributed by atoms with Gasteiger partial charge in [-0.1, -0.05) is 6.92 Å². The maximum atomic E-state index is 5.78. The molecule has 0 rings (SSSR count).